The molecule has 0 aromatic heterocycles. The van der Waals surface area contributed by atoms with Crippen LogP contribution in [0.15, 0.2) is 102 Å². The predicted molar refractivity (Wildman–Crippen MR) is 159 cm³/mol. The number of nitrogens with zero attached hydrogens (tertiary/aromatic N) is 1. The number of hydrogen-bond acceptors (Lipinski definition) is 6. The summed E-state index contributed by atoms with van der Waals surface area (Å²) in [5.74, 6) is 4.43. The molecule has 0 aliphatic carbocycles. The molecule has 1 atom stereocenters. The third-order valence-electron chi connectivity index (χ3n) is 6.84. The molecule has 210 valence electrons. The van der Waals surface area contributed by atoms with E-state index in [0.717, 1.165) is 22.3 Å². The molecule has 0 N–H and O–H groups in total. The second-order valence-electron chi connectivity index (χ2n) is 9.47. The first kappa shape index (κ1) is 29.4. The largest absolute Gasteiger partial charge is 0.463 e. The van der Waals surface area contributed by atoms with Gasteiger partial charge in [-0.15, -0.1) is 0 Å². The van der Waals surface area contributed by atoms with Crippen LogP contribution in [-0.4, -0.2) is 36.8 Å². The minimum absolute atomic E-state index is 0.0821. The zero-order valence-electron chi connectivity index (χ0n) is 24.0. The summed E-state index contributed by atoms with van der Waals surface area (Å²) in [6, 6.07) is 26.8. The van der Waals surface area contributed by atoms with Gasteiger partial charge < -0.3 is 19.1 Å². The molecule has 1 heterocycles. The van der Waals surface area contributed by atoms with Crippen LogP contribution in [0.2, 0.25) is 0 Å². The number of ether oxygens (including phenoxy) is 3. The average Bonchev–Trinajstić information content (AvgIpc) is 2.99. The van der Waals surface area contributed by atoms with Gasteiger partial charge in [-0.05, 0) is 56.5 Å². The number of aryl methyl sites for hydroxylation is 1. The molecule has 1 aliphatic heterocycles. The second-order valence-corrected chi connectivity index (χ2v) is 9.47. The van der Waals surface area contributed by atoms with Crippen LogP contribution in [0, 0.1) is 24.7 Å². The van der Waals surface area contributed by atoms with E-state index in [-0.39, 0.29) is 31.1 Å². The van der Waals surface area contributed by atoms with Crippen LogP contribution in [0.4, 0.5) is 0 Å². The molecular weight excluding hydrogens is 514 g/mol. The first-order chi connectivity index (χ1) is 20.0. The monoisotopic (exact) mass is 549 g/mol. The van der Waals surface area contributed by atoms with E-state index >= 15 is 0 Å². The topological polar surface area (TPSA) is 65.1 Å². The van der Waals surface area contributed by atoms with Gasteiger partial charge in [0.05, 0.1) is 29.4 Å². The molecule has 0 amide bonds. The van der Waals surface area contributed by atoms with E-state index in [4.69, 9.17) is 14.2 Å². The lowest BCUT2D eigenvalue weighted by molar-refractivity contribution is -0.141. The fourth-order valence-corrected chi connectivity index (χ4v) is 4.70. The van der Waals surface area contributed by atoms with E-state index < -0.39 is 17.9 Å². The van der Waals surface area contributed by atoms with Gasteiger partial charge in [0, 0.05) is 17.9 Å². The van der Waals surface area contributed by atoms with Crippen molar-refractivity contribution < 1.29 is 23.8 Å². The van der Waals surface area contributed by atoms with Crippen molar-refractivity contribution in [3.63, 3.8) is 0 Å². The zero-order chi connectivity index (χ0) is 29.2. The maximum atomic E-state index is 14.2. The van der Waals surface area contributed by atoms with E-state index in [0.29, 0.717) is 18.0 Å². The molecule has 6 heteroatoms. The third-order valence-corrected chi connectivity index (χ3v) is 6.84. The Morgan fingerprint density at radius 1 is 0.780 bits per heavy atom. The standard InChI is InChI=1S/C35H35NO5/c1-5-39-24-36-26(4)31(34(37)40-6-2)30(22-21-27-16-9-7-10-17-27)32(33(36)28-18-11-8-12-19-28)35(38)41-23-29-20-14-13-15-25(29)3/h7-20,30H,5-6,23-24H2,1-4H3. The van der Waals surface area contributed by atoms with Crippen molar-refractivity contribution in [3.8, 4) is 11.8 Å². The molecule has 0 spiro atoms. The smallest absolute Gasteiger partial charge is 0.338 e. The Hall–Kier alpha value is -4.60. The average molecular weight is 550 g/mol. The zero-order valence-corrected chi connectivity index (χ0v) is 24.0. The molecule has 3 aromatic rings. The number of carbonyl (C=O) groups is 2. The molecule has 41 heavy (non-hydrogen) atoms. The van der Waals surface area contributed by atoms with E-state index in [1.807, 2.05) is 111 Å². The maximum absolute atomic E-state index is 14.2. The predicted octanol–water partition coefficient (Wildman–Crippen LogP) is 6.26. The summed E-state index contributed by atoms with van der Waals surface area (Å²) in [6.45, 7) is 8.30. The second kappa shape index (κ2) is 14.2. The Morgan fingerprint density at radius 2 is 1.41 bits per heavy atom. The highest BCUT2D eigenvalue weighted by atomic mass is 16.5. The molecule has 4 rings (SSSR count). The van der Waals surface area contributed by atoms with E-state index in [1.54, 1.807) is 6.92 Å². The van der Waals surface area contributed by atoms with Crippen molar-refractivity contribution in [1.29, 1.82) is 0 Å². The number of carbonyl (C=O) groups excluding carboxylic acids is 2. The molecule has 1 aliphatic rings. The van der Waals surface area contributed by atoms with E-state index in [2.05, 4.69) is 11.8 Å². The Labute approximate surface area is 242 Å². The molecule has 0 radical (unpaired) electrons. The molecule has 0 saturated heterocycles. The van der Waals surface area contributed by atoms with Gasteiger partial charge in [-0.1, -0.05) is 84.6 Å². The highest BCUT2D eigenvalue weighted by Crippen LogP contribution is 2.41. The van der Waals surface area contributed by atoms with Crippen molar-refractivity contribution in [2.45, 2.75) is 34.3 Å². The van der Waals surface area contributed by atoms with Crippen molar-refractivity contribution in [2.24, 2.45) is 5.92 Å². The van der Waals surface area contributed by atoms with Gasteiger partial charge in [0.2, 0.25) is 0 Å². The first-order valence-electron chi connectivity index (χ1n) is 13.8. The van der Waals surface area contributed by atoms with Crippen LogP contribution >= 0.6 is 0 Å². The van der Waals surface area contributed by atoms with Gasteiger partial charge in [0.25, 0.3) is 0 Å². The molecule has 6 nitrogen and oxygen atoms in total. The first-order valence-corrected chi connectivity index (χ1v) is 13.8. The number of rotatable bonds is 9. The molecule has 3 aromatic carbocycles. The number of allylic oxidation sites excluding steroid dienone is 1. The van der Waals surface area contributed by atoms with Crippen molar-refractivity contribution in [3.05, 3.63) is 124 Å². The van der Waals surface area contributed by atoms with Crippen LogP contribution in [0.1, 0.15) is 43.0 Å². The highest BCUT2D eigenvalue weighted by Gasteiger charge is 2.41. The maximum Gasteiger partial charge on any atom is 0.338 e. The molecular formula is C35H35NO5. The van der Waals surface area contributed by atoms with Gasteiger partial charge in [-0.3, -0.25) is 0 Å². The van der Waals surface area contributed by atoms with Crippen LogP contribution in [-0.2, 0) is 30.4 Å². The normalized spacial score (nSPS) is 14.8. The number of benzene rings is 3. The van der Waals surface area contributed by atoms with Crippen LogP contribution in [0.3, 0.4) is 0 Å². The lowest BCUT2D eigenvalue weighted by Gasteiger charge is -2.37. The van der Waals surface area contributed by atoms with Crippen LogP contribution in [0.25, 0.3) is 5.70 Å². The minimum atomic E-state index is -0.897. The number of hydrogen-bond donors (Lipinski definition) is 0. The summed E-state index contributed by atoms with van der Waals surface area (Å²) in [4.78, 5) is 29.5. The highest BCUT2D eigenvalue weighted by molar-refractivity contribution is 6.04. The Bertz CT molecular complexity index is 1500. The van der Waals surface area contributed by atoms with E-state index in [9.17, 15) is 9.59 Å². The van der Waals surface area contributed by atoms with Gasteiger partial charge >= 0.3 is 11.9 Å². The quantitative estimate of drug-likeness (QED) is 0.232. The van der Waals surface area contributed by atoms with Crippen molar-refractivity contribution in [1.82, 2.24) is 4.90 Å². The molecule has 0 fully saturated rings. The molecule has 1 unspecified atom stereocenters. The Morgan fingerprint density at radius 3 is 2.07 bits per heavy atom. The van der Waals surface area contributed by atoms with Gasteiger partial charge in [-0.25, -0.2) is 9.59 Å². The van der Waals surface area contributed by atoms with Crippen LogP contribution in [0.5, 0.6) is 0 Å². The van der Waals surface area contributed by atoms with Gasteiger partial charge in [0.15, 0.2) is 0 Å². The fourth-order valence-electron chi connectivity index (χ4n) is 4.70. The summed E-state index contributed by atoms with van der Waals surface area (Å²) in [6.07, 6.45) is 0. The number of esters is 2. The molecule has 0 saturated carbocycles. The lowest BCUT2D eigenvalue weighted by Crippen LogP contribution is -2.37. The third kappa shape index (κ3) is 6.95. The van der Waals surface area contributed by atoms with Gasteiger partial charge in [0.1, 0.15) is 13.3 Å². The summed E-state index contributed by atoms with van der Waals surface area (Å²) in [5, 5.41) is 0. The Kier molecular flexibility index (Phi) is 10.1. The Balaban J connectivity index is 1.93. The van der Waals surface area contributed by atoms with E-state index in [1.165, 1.54) is 0 Å². The van der Waals surface area contributed by atoms with Crippen LogP contribution < -0.4 is 0 Å². The van der Waals surface area contributed by atoms with Crippen molar-refractivity contribution in [2.75, 3.05) is 19.9 Å². The fraction of sp³-hybridized carbons (Fsp3) is 0.257. The summed E-state index contributed by atoms with van der Waals surface area (Å²) in [5.41, 5.74) is 5.21. The summed E-state index contributed by atoms with van der Waals surface area (Å²) in [7, 11) is 0. The van der Waals surface area contributed by atoms with Gasteiger partial charge in [-0.2, -0.15) is 0 Å². The lowest BCUT2D eigenvalue weighted by atomic mass is 9.83. The minimum Gasteiger partial charge on any atom is -0.463 e. The summed E-state index contributed by atoms with van der Waals surface area (Å²) >= 11 is 0. The molecule has 0 bridgehead atoms. The SMILES string of the molecule is CCOCN1C(C)=C(C(=O)OCC)C(C#Cc2ccccc2)C(C(=O)OCc2ccccc2C)=C1c1ccccc1. The summed E-state index contributed by atoms with van der Waals surface area (Å²) < 4.78 is 17.3. The van der Waals surface area contributed by atoms with Crippen molar-refractivity contribution >= 4 is 17.6 Å².